The molecule has 0 bridgehead atoms. The second-order valence-electron chi connectivity index (χ2n) is 4.96. The lowest BCUT2D eigenvalue weighted by Crippen LogP contribution is -2.24. The molecule has 0 saturated carbocycles. The zero-order chi connectivity index (χ0) is 13.5. The number of aliphatic hydroxyl groups excluding tert-OH is 1. The summed E-state index contributed by atoms with van der Waals surface area (Å²) in [6.07, 6.45) is 0.437. The molecule has 0 fully saturated rings. The first kappa shape index (κ1) is 16.4. The first-order valence-corrected chi connectivity index (χ1v) is 6.70. The Morgan fingerprint density at radius 3 is 2.35 bits per heavy atom. The van der Waals surface area contributed by atoms with Gasteiger partial charge in [0.1, 0.15) is 0 Å². The lowest BCUT2D eigenvalue weighted by Gasteiger charge is -2.17. The van der Waals surface area contributed by atoms with Crippen LogP contribution < -0.4 is 0 Å². The predicted molar refractivity (Wildman–Crippen MR) is 68.8 cm³/mol. The van der Waals surface area contributed by atoms with Crippen molar-refractivity contribution in [2.24, 2.45) is 5.41 Å². The van der Waals surface area contributed by atoms with Crippen LogP contribution in [0.1, 0.15) is 40.5 Å². The highest BCUT2D eigenvalue weighted by Gasteiger charge is 2.22. The Labute approximate surface area is 107 Å². The molecular formula is C12H22O4S. The second kappa shape index (κ2) is 7.71. The molecule has 0 aliphatic carbocycles. The highest BCUT2D eigenvalue weighted by molar-refractivity contribution is 8.13. The van der Waals surface area contributed by atoms with Crippen molar-refractivity contribution in [2.75, 3.05) is 12.4 Å². The van der Waals surface area contributed by atoms with Crippen molar-refractivity contribution in [1.82, 2.24) is 0 Å². The number of thioether (sulfide) groups is 1. The van der Waals surface area contributed by atoms with Crippen molar-refractivity contribution >= 4 is 22.8 Å². The van der Waals surface area contributed by atoms with Gasteiger partial charge in [0.25, 0.3) is 0 Å². The van der Waals surface area contributed by atoms with Crippen LogP contribution in [-0.2, 0) is 14.3 Å². The molecule has 1 N–H and O–H groups in total. The zero-order valence-electron chi connectivity index (χ0n) is 11.0. The molecule has 5 heteroatoms. The molecule has 17 heavy (non-hydrogen) atoms. The largest absolute Gasteiger partial charge is 0.465 e. The van der Waals surface area contributed by atoms with Gasteiger partial charge in [0.2, 0.25) is 0 Å². The van der Waals surface area contributed by atoms with Crippen LogP contribution in [0, 0.1) is 5.41 Å². The van der Waals surface area contributed by atoms with Crippen molar-refractivity contribution in [1.29, 1.82) is 0 Å². The van der Waals surface area contributed by atoms with Crippen molar-refractivity contribution in [3.63, 3.8) is 0 Å². The molecule has 0 radical (unpaired) electrons. The second-order valence-corrected chi connectivity index (χ2v) is 6.23. The topological polar surface area (TPSA) is 63.6 Å². The minimum Gasteiger partial charge on any atom is -0.465 e. The van der Waals surface area contributed by atoms with E-state index >= 15 is 0 Å². The van der Waals surface area contributed by atoms with Crippen LogP contribution in [0.3, 0.4) is 0 Å². The molecule has 0 spiro atoms. The summed E-state index contributed by atoms with van der Waals surface area (Å²) in [6, 6.07) is 0. The van der Waals surface area contributed by atoms with E-state index < -0.39 is 11.5 Å². The molecule has 0 saturated heterocycles. The zero-order valence-corrected chi connectivity index (χ0v) is 11.8. The minimum absolute atomic E-state index is 0.0522. The van der Waals surface area contributed by atoms with E-state index in [-0.39, 0.29) is 17.7 Å². The number of carbonyl (C=O) groups excluding carboxylic acids is 2. The Morgan fingerprint density at radius 1 is 1.29 bits per heavy atom. The summed E-state index contributed by atoms with van der Waals surface area (Å²) in [5.74, 6) is 0.340. The van der Waals surface area contributed by atoms with Crippen LogP contribution in [0.25, 0.3) is 0 Å². The monoisotopic (exact) mass is 262 g/mol. The third-order valence-corrected chi connectivity index (χ3v) is 2.90. The fourth-order valence-corrected chi connectivity index (χ4v) is 1.66. The molecule has 0 rings (SSSR count). The van der Waals surface area contributed by atoms with Gasteiger partial charge >= 0.3 is 5.97 Å². The van der Waals surface area contributed by atoms with E-state index in [2.05, 4.69) is 0 Å². The summed E-state index contributed by atoms with van der Waals surface area (Å²) in [5, 5.41) is 9.61. The molecule has 0 aliphatic heterocycles. The van der Waals surface area contributed by atoms with Crippen LogP contribution >= 0.6 is 11.8 Å². The number of hydrogen-bond donors (Lipinski definition) is 1. The number of rotatable bonds is 6. The number of aliphatic hydroxyl groups is 1. The van der Waals surface area contributed by atoms with Gasteiger partial charge < -0.3 is 9.84 Å². The Bertz CT molecular complexity index is 258. The summed E-state index contributed by atoms with van der Waals surface area (Å²) in [4.78, 5) is 22.0. The lowest BCUT2D eigenvalue weighted by molar-refractivity contribution is -0.153. The van der Waals surface area contributed by atoms with E-state index in [0.29, 0.717) is 18.6 Å². The average molecular weight is 262 g/mol. The molecule has 0 aromatic carbocycles. The van der Waals surface area contributed by atoms with E-state index in [9.17, 15) is 14.7 Å². The molecule has 0 aromatic heterocycles. The van der Waals surface area contributed by atoms with Gasteiger partial charge in [0, 0.05) is 19.1 Å². The van der Waals surface area contributed by atoms with Crippen LogP contribution in [0.5, 0.6) is 0 Å². The molecule has 0 aromatic rings. The maximum absolute atomic E-state index is 11.4. The Balaban J connectivity index is 3.61. The molecule has 0 aliphatic rings. The van der Waals surface area contributed by atoms with Gasteiger partial charge in [-0.15, -0.1) is 0 Å². The van der Waals surface area contributed by atoms with Gasteiger partial charge in [0.15, 0.2) is 5.12 Å². The smallest absolute Gasteiger partial charge is 0.311 e. The first-order valence-electron chi connectivity index (χ1n) is 5.72. The molecule has 100 valence electrons. The summed E-state index contributed by atoms with van der Waals surface area (Å²) in [7, 11) is 0. The Kier molecular flexibility index (Phi) is 7.46. The SMILES string of the molecule is CC(=O)SCCC(O)CCOC(=O)C(C)(C)C. The van der Waals surface area contributed by atoms with E-state index in [1.807, 2.05) is 0 Å². The fourth-order valence-electron chi connectivity index (χ4n) is 0.987. The van der Waals surface area contributed by atoms with Crippen molar-refractivity contribution in [2.45, 2.75) is 46.6 Å². The molecule has 1 atom stereocenters. The van der Waals surface area contributed by atoms with Gasteiger partial charge in [0.05, 0.1) is 18.1 Å². The number of hydrogen-bond acceptors (Lipinski definition) is 5. The van der Waals surface area contributed by atoms with Crippen LogP contribution in [0.15, 0.2) is 0 Å². The third kappa shape index (κ3) is 9.18. The van der Waals surface area contributed by atoms with Crippen molar-refractivity contribution < 1.29 is 19.4 Å². The predicted octanol–water partition coefficient (Wildman–Crippen LogP) is 2.00. The van der Waals surface area contributed by atoms with E-state index in [4.69, 9.17) is 4.74 Å². The number of esters is 1. The molecule has 0 heterocycles. The molecular weight excluding hydrogens is 240 g/mol. The van der Waals surface area contributed by atoms with Crippen LogP contribution in [-0.4, -0.2) is 34.7 Å². The van der Waals surface area contributed by atoms with Gasteiger partial charge in [-0.05, 0) is 27.2 Å². The normalized spacial score (nSPS) is 13.2. The fraction of sp³-hybridized carbons (Fsp3) is 0.833. The third-order valence-electron chi connectivity index (χ3n) is 2.05. The molecule has 4 nitrogen and oxygen atoms in total. The van der Waals surface area contributed by atoms with Gasteiger partial charge in [-0.25, -0.2) is 0 Å². The molecule has 1 unspecified atom stereocenters. The van der Waals surface area contributed by atoms with E-state index in [0.717, 1.165) is 0 Å². The highest BCUT2D eigenvalue weighted by Crippen LogP contribution is 2.15. The highest BCUT2D eigenvalue weighted by atomic mass is 32.2. The number of carbonyl (C=O) groups is 2. The molecule has 0 amide bonds. The number of ether oxygens (including phenoxy) is 1. The van der Waals surface area contributed by atoms with Crippen molar-refractivity contribution in [3.8, 4) is 0 Å². The van der Waals surface area contributed by atoms with E-state index in [1.54, 1.807) is 20.8 Å². The summed E-state index contributed by atoms with van der Waals surface area (Å²) >= 11 is 1.20. The quantitative estimate of drug-likeness (QED) is 0.742. The average Bonchev–Trinajstić information content (AvgIpc) is 2.15. The van der Waals surface area contributed by atoms with Crippen molar-refractivity contribution in [3.05, 3.63) is 0 Å². The summed E-state index contributed by atoms with van der Waals surface area (Å²) in [6.45, 7) is 7.09. The standard InChI is InChI=1S/C12H22O4S/c1-9(13)17-8-6-10(14)5-7-16-11(15)12(2,3)4/h10,14H,5-8H2,1-4H3. The lowest BCUT2D eigenvalue weighted by atomic mass is 9.97. The maximum Gasteiger partial charge on any atom is 0.311 e. The van der Waals surface area contributed by atoms with Gasteiger partial charge in [-0.1, -0.05) is 11.8 Å². The van der Waals surface area contributed by atoms with E-state index in [1.165, 1.54) is 18.7 Å². The Hall–Kier alpha value is -0.550. The van der Waals surface area contributed by atoms with Gasteiger partial charge in [-0.2, -0.15) is 0 Å². The van der Waals surface area contributed by atoms with Gasteiger partial charge in [-0.3, -0.25) is 9.59 Å². The van der Waals surface area contributed by atoms with Crippen LogP contribution in [0.4, 0.5) is 0 Å². The first-order chi connectivity index (χ1) is 7.73. The Morgan fingerprint density at radius 2 is 1.88 bits per heavy atom. The van der Waals surface area contributed by atoms with Crippen LogP contribution in [0.2, 0.25) is 0 Å². The summed E-state index contributed by atoms with van der Waals surface area (Å²) in [5.41, 5.74) is -0.505. The minimum atomic E-state index is -0.519. The summed E-state index contributed by atoms with van der Waals surface area (Å²) < 4.78 is 5.03. The maximum atomic E-state index is 11.4.